The molecule has 0 N–H and O–H groups in total. The van der Waals surface area contributed by atoms with Gasteiger partial charge in [-0.15, -0.1) is 0 Å². The summed E-state index contributed by atoms with van der Waals surface area (Å²) in [6.45, 7) is 10.9. The molecule has 1 aromatic carbocycles. The van der Waals surface area contributed by atoms with Crippen LogP contribution in [0.5, 0.6) is 5.75 Å². The Morgan fingerprint density at radius 3 is 2.45 bits per heavy atom. The zero-order chi connectivity index (χ0) is 22.9. The summed E-state index contributed by atoms with van der Waals surface area (Å²) < 4.78 is 23.2. The molecule has 0 saturated carbocycles. The fourth-order valence-corrected chi connectivity index (χ4v) is 3.59. The standard InChI is InChI=1S/C24H28O7/c1-13(2)11-18(26)29-22-20-16(9-7-15-8-10-17(25)28-21(15)20)31-24(5,6)23(22)30-19(27)12-14(3)4/h7-10,12-13,22-23H,11H2,1-6H3/t22-,23-/m0/s1. The highest BCUT2D eigenvalue weighted by Gasteiger charge is 2.50. The Kier molecular flexibility index (Phi) is 6.25. The Balaban J connectivity index is 2.17. The molecule has 0 aliphatic carbocycles. The van der Waals surface area contributed by atoms with Crippen molar-refractivity contribution in [2.24, 2.45) is 5.92 Å². The van der Waals surface area contributed by atoms with Crippen LogP contribution in [-0.2, 0) is 19.1 Å². The number of allylic oxidation sites excluding steroid dienone is 1. The molecule has 0 amide bonds. The molecule has 1 aromatic heterocycles. The van der Waals surface area contributed by atoms with Gasteiger partial charge in [0.2, 0.25) is 0 Å². The van der Waals surface area contributed by atoms with Gasteiger partial charge in [0, 0.05) is 23.9 Å². The maximum absolute atomic E-state index is 12.6. The smallest absolute Gasteiger partial charge is 0.336 e. The van der Waals surface area contributed by atoms with Crippen LogP contribution in [0, 0.1) is 5.92 Å². The van der Waals surface area contributed by atoms with Crippen molar-refractivity contribution in [3.05, 3.63) is 51.9 Å². The number of esters is 2. The summed E-state index contributed by atoms with van der Waals surface area (Å²) in [7, 11) is 0. The maximum Gasteiger partial charge on any atom is 0.336 e. The molecule has 0 bridgehead atoms. The number of carbonyl (C=O) groups excluding carboxylic acids is 2. The highest BCUT2D eigenvalue weighted by Crippen LogP contribution is 2.46. The zero-order valence-corrected chi connectivity index (χ0v) is 18.7. The van der Waals surface area contributed by atoms with E-state index in [0.717, 1.165) is 5.57 Å². The zero-order valence-electron chi connectivity index (χ0n) is 18.7. The van der Waals surface area contributed by atoms with Gasteiger partial charge in [-0.2, -0.15) is 0 Å². The number of fused-ring (bicyclic) bond motifs is 3. The van der Waals surface area contributed by atoms with Gasteiger partial charge < -0.3 is 18.6 Å². The second kappa shape index (κ2) is 8.57. The highest BCUT2D eigenvalue weighted by atomic mass is 16.6. The molecule has 0 unspecified atom stereocenters. The van der Waals surface area contributed by atoms with E-state index in [2.05, 4.69) is 0 Å². The molecule has 2 aromatic rings. The van der Waals surface area contributed by atoms with E-state index >= 15 is 0 Å². The molecule has 0 fully saturated rings. The van der Waals surface area contributed by atoms with Crippen LogP contribution in [0.3, 0.4) is 0 Å². The normalized spacial score (nSPS) is 19.3. The van der Waals surface area contributed by atoms with Crippen LogP contribution in [0.2, 0.25) is 0 Å². The predicted molar refractivity (Wildman–Crippen MR) is 115 cm³/mol. The minimum atomic E-state index is -1.01. The lowest BCUT2D eigenvalue weighted by Crippen LogP contribution is -2.52. The largest absolute Gasteiger partial charge is 0.483 e. The van der Waals surface area contributed by atoms with Crippen molar-refractivity contribution in [1.82, 2.24) is 0 Å². The van der Waals surface area contributed by atoms with E-state index < -0.39 is 35.4 Å². The second-order valence-corrected chi connectivity index (χ2v) is 8.94. The molecule has 1 aliphatic rings. The molecule has 3 rings (SSSR count). The van der Waals surface area contributed by atoms with Crippen molar-refractivity contribution >= 4 is 22.9 Å². The third-order valence-electron chi connectivity index (χ3n) is 4.89. The molecule has 0 saturated heterocycles. The van der Waals surface area contributed by atoms with Crippen molar-refractivity contribution < 1.29 is 28.2 Å². The summed E-state index contributed by atoms with van der Waals surface area (Å²) in [5, 5.41) is 0.640. The van der Waals surface area contributed by atoms with E-state index in [9.17, 15) is 14.4 Å². The highest BCUT2D eigenvalue weighted by molar-refractivity contribution is 5.85. The van der Waals surface area contributed by atoms with Gasteiger partial charge in [0.25, 0.3) is 0 Å². The van der Waals surface area contributed by atoms with Gasteiger partial charge >= 0.3 is 17.6 Å². The summed E-state index contributed by atoms with van der Waals surface area (Å²) in [6, 6.07) is 6.43. The summed E-state index contributed by atoms with van der Waals surface area (Å²) >= 11 is 0. The first-order valence-corrected chi connectivity index (χ1v) is 10.3. The predicted octanol–water partition coefficient (Wildman–Crippen LogP) is 4.47. The minimum Gasteiger partial charge on any atom is -0.483 e. The van der Waals surface area contributed by atoms with Crippen LogP contribution in [0.4, 0.5) is 0 Å². The number of carbonyl (C=O) groups is 2. The van der Waals surface area contributed by atoms with Crippen LogP contribution in [0.1, 0.15) is 59.6 Å². The summed E-state index contributed by atoms with van der Waals surface area (Å²) in [5.74, 6) is -0.528. The molecular weight excluding hydrogens is 400 g/mol. The topological polar surface area (TPSA) is 92.0 Å². The first kappa shape index (κ1) is 22.6. The lowest BCUT2D eigenvalue weighted by molar-refractivity contribution is -0.187. The Morgan fingerprint density at radius 1 is 1.13 bits per heavy atom. The van der Waals surface area contributed by atoms with E-state index in [-0.39, 0.29) is 17.9 Å². The first-order valence-electron chi connectivity index (χ1n) is 10.3. The van der Waals surface area contributed by atoms with Crippen LogP contribution < -0.4 is 10.4 Å². The molecular formula is C24H28O7. The van der Waals surface area contributed by atoms with Crippen molar-refractivity contribution in [3.8, 4) is 5.75 Å². The first-order chi connectivity index (χ1) is 14.5. The van der Waals surface area contributed by atoms with Gasteiger partial charge in [-0.3, -0.25) is 4.79 Å². The van der Waals surface area contributed by atoms with Crippen molar-refractivity contribution in [1.29, 1.82) is 0 Å². The van der Waals surface area contributed by atoms with Gasteiger partial charge in [-0.05, 0) is 51.8 Å². The maximum atomic E-state index is 12.6. The van der Waals surface area contributed by atoms with Crippen LogP contribution in [0.15, 0.2) is 45.1 Å². The molecule has 166 valence electrons. The summed E-state index contributed by atoms with van der Waals surface area (Å²) in [4.78, 5) is 37.1. The van der Waals surface area contributed by atoms with Gasteiger partial charge in [0.1, 0.15) is 16.9 Å². The van der Waals surface area contributed by atoms with Crippen molar-refractivity contribution in [2.75, 3.05) is 0 Å². The number of benzene rings is 1. The van der Waals surface area contributed by atoms with Crippen LogP contribution in [0.25, 0.3) is 11.0 Å². The van der Waals surface area contributed by atoms with E-state index in [1.54, 1.807) is 45.9 Å². The van der Waals surface area contributed by atoms with Gasteiger partial charge in [-0.1, -0.05) is 19.4 Å². The van der Waals surface area contributed by atoms with E-state index in [1.165, 1.54) is 12.1 Å². The molecule has 0 radical (unpaired) electrons. The Labute approximate surface area is 181 Å². The average Bonchev–Trinajstić information content (AvgIpc) is 2.62. The average molecular weight is 428 g/mol. The summed E-state index contributed by atoms with van der Waals surface area (Å²) in [6.07, 6.45) is -0.415. The quantitative estimate of drug-likeness (QED) is 0.394. The van der Waals surface area contributed by atoms with E-state index in [0.29, 0.717) is 16.7 Å². The number of hydrogen-bond acceptors (Lipinski definition) is 7. The fraction of sp³-hybridized carbons (Fsp3) is 0.458. The minimum absolute atomic E-state index is 0.0805. The lowest BCUT2D eigenvalue weighted by Gasteiger charge is -2.43. The molecule has 0 spiro atoms. The van der Waals surface area contributed by atoms with Crippen molar-refractivity contribution in [2.45, 2.75) is 65.8 Å². The van der Waals surface area contributed by atoms with Gasteiger partial charge in [0.15, 0.2) is 12.2 Å². The number of ether oxygens (including phenoxy) is 3. The van der Waals surface area contributed by atoms with E-state index in [4.69, 9.17) is 18.6 Å². The summed E-state index contributed by atoms with van der Waals surface area (Å²) in [5.41, 5.74) is -0.169. The molecule has 2 heterocycles. The lowest BCUT2D eigenvalue weighted by atomic mass is 9.87. The van der Waals surface area contributed by atoms with E-state index in [1.807, 2.05) is 13.8 Å². The fourth-order valence-electron chi connectivity index (χ4n) is 3.59. The molecule has 2 atom stereocenters. The van der Waals surface area contributed by atoms with Crippen molar-refractivity contribution in [3.63, 3.8) is 0 Å². The molecule has 1 aliphatic heterocycles. The van der Waals surface area contributed by atoms with Gasteiger partial charge in [-0.25, -0.2) is 9.59 Å². The Morgan fingerprint density at radius 2 is 1.81 bits per heavy atom. The third kappa shape index (κ3) is 4.98. The monoisotopic (exact) mass is 428 g/mol. The molecule has 7 nitrogen and oxygen atoms in total. The van der Waals surface area contributed by atoms with Gasteiger partial charge in [0.05, 0.1) is 5.56 Å². The van der Waals surface area contributed by atoms with Crippen LogP contribution in [-0.4, -0.2) is 23.6 Å². The molecule has 7 heteroatoms. The SMILES string of the molecule is CC(C)=CC(=O)O[C@H]1[C@@H](OC(=O)CC(C)C)c2c(ccc3ccc(=O)oc23)OC1(C)C. The number of rotatable bonds is 5. The second-order valence-electron chi connectivity index (χ2n) is 8.94. The molecule has 31 heavy (non-hydrogen) atoms. The third-order valence-corrected chi connectivity index (χ3v) is 4.89. The number of hydrogen-bond donors (Lipinski definition) is 0. The Hall–Kier alpha value is -3.09. The van der Waals surface area contributed by atoms with Crippen LogP contribution >= 0.6 is 0 Å². The Bertz CT molecular complexity index is 1090.